The molecule has 1 atom stereocenters. The molecule has 2 fully saturated rings. The second-order valence-corrected chi connectivity index (χ2v) is 8.37. The lowest BCUT2D eigenvalue weighted by molar-refractivity contribution is 0.0275. The Morgan fingerprint density at radius 3 is 2.73 bits per heavy atom. The van der Waals surface area contributed by atoms with Gasteiger partial charge < -0.3 is 15.4 Å². The van der Waals surface area contributed by atoms with E-state index in [-0.39, 0.29) is 6.03 Å². The van der Waals surface area contributed by atoms with Crippen molar-refractivity contribution < 1.29 is 9.53 Å². The second kappa shape index (κ2) is 10.9. The summed E-state index contributed by atoms with van der Waals surface area (Å²) in [6.45, 7) is 4.35. The largest absolute Gasteiger partial charge is 0.378 e. The van der Waals surface area contributed by atoms with Crippen molar-refractivity contribution in [1.29, 1.82) is 0 Å². The molecule has 0 aromatic carbocycles. The van der Waals surface area contributed by atoms with Crippen LogP contribution in [0.1, 0.15) is 62.3 Å². The molecule has 1 unspecified atom stereocenters. The van der Waals surface area contributed by atoms with Crippen LogP contribution in [-0.4, -0.2) is 49.8 Å². The maximum absolute atomic E-state index is 12.1. The first-order valence-corrected chi connectivity index (χ1v) is 11.1. The van der Waals surface area contributed by atoms with Crippen LogP contribution in [0.15, 0.2) is 17.5 Å². The second-order valence-electron chi connectivity index (χ2n) is 7.40. The smallest absolute Gasteiger partial charge is 0.314 e. The van der Waals surface area contributed by atoms with Crippen LogP contribution in [0.3, 0.4) is 0 Å². The van der Waals surface area contributed by atoms with Gasteiger partial charge in [-0.15, -0.1) is 11.3 Å². The molecule has 0 bridgehead atoms. The molecular formula is C20H33N3O2S. The number of urea groups is 1. The van der Waals surface area contributed by atoms with Gasteiger partial charge in [0.25, 0.3) is 0 Å². The standard InChI is InChI=1S/C20H33N3O2S/c24-20(21-11-7-14-25-17-8-2-1-3-9-17)22-16-18(19-10-6-15-26-19)23-12-4-5-13-23/h6,10,15,17-18H,1-5,7-9,11-14,16H2,(H2,21,22,24). The van der Waals surface area contributed by atoms with Crippen LogP contribution in [0.2, 0.25) is 0 Å². The number of carbonyl (C=O) groups is 1. The van der Waals surface area contributed by atoms with E-state index in [4.69, 9.17) is 4.74 Å². The fourth-order valence-electron chi connectivity index (χ4n) is 3.95. The summed E-state index contributed by atoms with van der Waals surface area (Å²) >= 11 is 1.78. The van der Waals surface area contributed by atoms with Gasteiger partial charge in [-0.2, -0.15) is 0 Å². The predicted octanol–water partition coefficient (Wildman–Crippen LogP) is 3.92. The third-order valence-corrected chi connectivity index (χ3v) is 6.39. The topological polar surface area (TPSA) is 53.6 Å². The van der Waals surface area contributed by atoms with Crippen molar-refractivity contribution >= 4 is 17.4 Å². The normalized spacial score (nSPS) is 20.2. The lowest BCUT2D eigenvalue weighted by Crippen LogP contribution is -2.41. The number of rotatable bonds is 9. The van der Waals surface area contributed by atoms with Crippen molar-refractivity contribution in [2.24, 2.45) is 0 Å². The molecule has 1 aromatic heterocycles. The molecule has 2 N–H and O–H groups in total. The predicted molar refractivity (Wildman–Crippen MR) is 107 cm³/mol. The highest BCUT2D eigenvalue weighted by Gasteiger charge is 2.24. The van der Waals surface area contributed by atoms with Gasteiger partial charge in [-0.3, -0.25) is 4.90 Å². The fourth-order valence-corrected chi connectivity index (χ4v) is 4.81. The van der Waals surface area contributed by atoms with E-state index in [2.05, 4.69) is 33.0 Å². The van der Waals surface area contributed by atoms with E-state index < -0.39 is 0 Å². The van der Waals surface area contributed by atoms with Gasteiger partial charge >= 0.3 is 6.03 Å². The van der Waals surface area contributed by atoms with Gasteiger partial charge in [0.15, 0.2) is 0 Å². The molecule has 2 aliphatic rings. The third kappa shape index (κ3) is 6.25. The number of ether oxygens (including phenoxy) is 1. The molecule has 1 saturated heterocycles. The maximum Gasteiger partial charge on any atom is 0.314 e. The molecule has 2 amide bonds. The molecule has 1 saturated carbocycles. The summed E-state index contributed by atoms with van der Waals surface area (Å²) in [5.41, 5.74) is 0. The third-order valence-electron chi connectivity index (χ3n) is 5.42. The number of carbonyl (C=O) groups excluding carboxylic acids is 1. The number of nitrogens with one attached hydrogen (secondary N) is 2. The van der Waals surface area contributed by atoms with Crippen LogP contribution in [0, 0.1) is 0 Å². The van der Waals surface area contributed by atoms with Crippen molar-refractivity contribution in [3.8, 4) is 0 Å². The van der Waals surface area contributed by atoms with Crippen molar-refractivity contribution in [1.82, 2.24) is 15.5 Å². The number of likely N-dealkylation sites (tertiary alicyclic amines) is 1. The lowest BCUT2D eigenvalue weighted by atomic mass is 9.98. The van der Waals surface area contributed by atoms with Gasteiger partial charge in [0.1, 0.15) is 0 Å². The Kier molecular flexibility index (Phi) is 8.24. The number of thiophene rings is 1. The number of hydrogen-bond donors (Lipinski definition) is 2. The van der Waals surface area contributed by atoms with E-state index in [0.29, 0.717) is 25.2 Å². The quantitative estimate of drug-likeness (QED) is 0.639. The Morgan fingerprint density at radius 1 is 1.19 bits per heavy atom. The van der Waals surface area contributed by atoms with Gasteiger partial charge in [-0.05, 0) is 56.6 Å². The van der Waals surface area contributed by atoms with Gasteiger partial charge in [-0.1, -0.05) is 25.3 Å². The molecule has 1 aliphatic heterocycles. The number of amides is 2. The summed E-state index contributed by atoms with van der Waals surface area (Å²) in [6.07, 6.45) is 10.2. The monoisotopic (exact) mass is 379 g/mol. The van der Waals surface area contributed by atoms with Crippen molar-refractivity contribution in [3.63, 3.8) is 0 Å². The van der Waals surface area contributed by atoms with E-state index in [9.17, 15) is 4.79 Å². The highest BCUT2D eigenvalue weighted by molar-refractivity contribution is 7.10. The Labute approximate surface area is 161 Å². The average molecular weight is 380 g/mol. The van der Waals surface area contributed by atoms with Crippen molar-refractivity contribution in [3.05, 3.63) is 22.4 Å². The van der Waals surface area contributed by atoms with Crippen LogP contribution in [0.5, 0.6) is 0 Å². The molecule has 0 spiro atoms. The average Bonchev–Trinajstić information content (AvgIpc) is 3.37. The van der Waals surface area contributed by atoms with Crippen molar-refractivity contribution in [2.75, 3.05) is 32.8 Å². The highest BCUT2D eigenvalue weighted by Crippen LogP contribution is 2.27. The molecule has 3 rings (SSSR count). The zero-order valence-corrected chi connectivity index (χ0v) is 16.6. The summed E-state index contributed by atoms with van der Waals surface area (Å²) in [4.78, 5) is 15.9. The van der Waals surface area contributed by atoms with Gasteiger partial charge in [0.05, 0.1) is 12.1 Å². The Hall–Kier alpha value is -1.11. The molecule has 1 aliphatic carbocycles. The van der Waals surface area contributed by atoms with Crippen LogP contribution < -0.4 is 10.6 Å². The molecule has 0 radical (unpaired) electrons. The lowest BCUT2D eigenvalue weighted by Gasteiger charge is -2.27. The first kappa shape index (κ1) is 19.6. The van der Waals surface area contributed by atoms with E-state index in [1.165, 1.54) is 49.8 Å². The zero-order chi connectivity index (χ0) is 18.0. The highest BCUT2D eigenvalue weighted by atomic mass is 32.1. The molecule has 146 valence electrons. The number of hydrogen-bond acceptors (Lipinski definition) is 4. The van der Waals surface area contributed by atoms with Gasteiger partial charge in [-0.25, -0.2) is 4.79 Å². The SMILES string of the molecule is O=C(NCCCOC1CCCCC1)NCC(c1cccs1)N1CCCC1. The minimum absolute atomic E-state index is 0.0663. The maximum atomic E-state index is 12.1. The van der Waals surface area contributed by atoms with Gasteiger partial charge in [0, 0.05) is 24.6 Å². The van der Waals surface area contributed by atoms with Crippen LogP contribution in [0.4, 0.5) is 4.79 Å². The molecule has 2 heterocycles. The first-order chi connectivity index (χ1) is 12.8. The van der Waals surface area contributed by atoms with Gasteiger partial charge in [0.2, 0.25) is 0 Å². The zero-order valence-electron chi connectivity index (χ0n) is 15.8. The minimum atomic E-state index is -0.0663. The van der Waals surface area contributed by atoms with E-state index in [1.54, 1.807) is 11.3 Å². The summed E-state index contributed by atoms with van der Waals surface area (Å²) in [5.74, 6) is 0. The van der Waals surface area contributed by atoms with Crippen molar-refractivity contribution in [2.45, 2.75) is 63.5 Å². The fraction of sp³-hybridized carbons (Fsp3) is 0.750. The van der Waals surface area contributed by atoms with E-state index in [1.807, 2.05) is 0 Å². The minimum Gasteiger partial charge on any atom is -0.378 e. The van der Waals surface area contributed by atoms with Crippen LogP contribution in [-0.2, 0) is 4.74 Å². The van der Waals surface area contributed by atoms with Crippen LogP contribution >= 0.6 is 11.3 Å². The Bertz CT molecular complexity index is 511. The summed E-state index contributed by atoms with van der Waals surface area (Å²) < 4.78 is 5.90. The first-order valence-electron chi connectivity index (χ1n) is 10.2. The van der Waals surface area contributed by atoms with E-state index in [0.717, 1.165) is 26.1 Å². The number of nitrogens with zero attached hydrogens (tertiary/aromatic N) is 1. The summed E-state index contributed by atoms with van der Waals surface area (Å²) in [5, 5.41) is 8.14. The molecule has 5 nitrogen and oxygen atoms in total. The summed E-state index contributed by atoms with van der Waals surface area (Å²) in [7, 11) is 0. The Morgan fingerprint density at radius 2 is 2.00 bits per heavy atom. The Balaban J connectivity index is 1.30. The molecular weight excluding hydrogens is 346 g/mol. The van der Waals surface area contributed by atoms with E-state index >= 15 is 0 Å². The summed E-state index contributed by atoms with van der Waals surface area (Å²) in [6, 6.07) is 4.51. The van der Waals surface area contributed by atoms with Crippen LogP contribution in [0.25, 0.3) is 0 Å². The molecule has 1 aromatic rings. The molecule has 26 heavy (non-hydrogen) atoms. The molecule has 6 heteroatoms.